The van der Waals surface area contributed by atoms with Gasteiger partial charge >= 0.3 is 0 Å². The third-order valence-corrected chi connectivity index (χ3v) is 4.93. The quantitative estimate of drug-likeness (QED) is 0.488. The lowest BCUT2D eigenvalue weighted by Gasteiger charge is -2.21. The van der Waals surface area contributed by atoms with E-state index in [1.165, 1.54) is 23.8 Å². The summed E-state index contributed by atoms with van der Waals surface area (Å²) in [5.74, 6) is -1.08. The molecule has 7 heteroatoms. The Morgan fingerprint density at radius 1 is 1.04 bits per heavy atom. The molecule has 2 aromatic carbocycles. The van der Waals surface area contributed by atoms with E-state index in [0.29, 0.717) is 6.54 Å². The van der Waals surface area contributed by atoms with Gasteiger partial charge in [0.15, 0.2) is 6.67 Å². The van der Waals surface area contributed by atoms with Crippen LogP contribution in [0.3, 0.4) is 0 Å². The van der Waals surface area contributed by atoms with Gasteiger partial charge in [-0.1, -0.05) is 51.1 Å². The molecule has 1 heterocycles. The summed E-state index contributed by atoms with van der Waals surface area (Å²) in [6.07, 6.45) is 0. The highest BCUT2D eigenvalue weighted by molar-refractivity contribution is 6.23. The summed E-state index contributed by atoms with van der Waals surface area (Å²) in [5.41, 5.74) is 2.07. The molecule has 0 bridgehead atoms. The topological polar surface area (TPSA) is 85.0 Å². The van der Waals surface area contributed by atoms with Crippen LogP contribution in [0.5, 0.6) is 0 Å². The molecule has 0 saturated carbocycles. The average molecular weight is 382 g/mol. The van der Waals surface area contributed by atoms with E-state index in [9.17, 15) is 19.7 Å². The molecule has 28 heavy (non-hydrogen) atoms. The van der Waals surface area contributed by atoms with E-state index < -0.39 is 16.7 Å². The van der Waals surface area contributed by atoms with E-state index >= 15 is 0 Å². The number of carbonyl (C=O) groups is 2. The molecular weight excluding hydrogens is 358 g/mol. The first-order chi connectivity index (χ1) is 13.1. The average Bonchev–Trinajstić information content (AvgIpc) is 2.86. The number of nitro benzene ring substituents is 1. The molecule has 1 N–H and O–H groups in total. The van der Waals surface area contributed by atoms with Crippen molar-refractivity contribution in [3.63, 3.8) is 0 Å². The highest BCUT2D eigenvalue weighted by Gasteiger charge is 2.42. The molecule has 2 amide bonds. The van der Waals surface area contributed by atoms with Gasteiger partial charge in [-0.3, -0.25) is 19.7 Å². The van der Waals surface area contributed by atoms with Crippen molar-refractivity contribution in [3.8, 4) is 0 Å². The number of fused-ring (bicyclic) bond motifs is 1. The molecule has 0 aliphatic carbocycles. The van der Waals surface area contributed by atoms with Gasteiger partial charge in [0.2, 0.25) is 0 Å². The summed E-state index contributed by atoms with van der Waals surface area (Å²) in [5, 5.41) is 11.2. The highest BCUT2D eigenvalue weighted by Crippen LogP contribution is 2.30. The Bertz CT molecular complexity index is 945. The molecule has 1 unspecified atom stereocenters. The van der Waals surface area contributed by atoms with Gasteiger partial charge in [0, 0.05) is 11.6 Å². The minimum absolute atomic E-state index is 0.0756. The summed E-state index contributed by atoms with van der Waals surface area (Å²) in [6.45, 7) is 7.23. The zero-order valence-corrected chi connectivity index (χ0v) is 16.5. The first-order valence-corrected chi connectivity index (χ1v) is 9.14. The van der Waals surface area contributed by atoms with Crippen LogP contribution in [0, 0.1) is 10.1 Å². The second-order valence-corrected chi connectivity index (χ2v) is 8.23. The summed E-state index contributed by atoms with van der Waals surface area (Å²) in [4.78, 5) is 37.9. The molecule has 0 saturated heterocycles. The third-order valence-electron chi connectivity index (χ3n) is 4.93. The highest BCUT2D eigenvalue weighted by atomic mass is 16.6. The van der Waals surface area contributed by atoms with Crippen molar-refractivity contribution in [2.45, 2.75) is 32.7 Å². The lowest BCUT2D eigenvalue weighted by atomic mass is 9.87. The number of benzene rings is 2. The Kier molecular flexibility index (Phi) is 5.04. The van der Waals surface area contributed by atoms with Crippen molar-refractivity contribution in [2.75, 3.05) is 13.7 Å². The maximum atomic E-state index is 12.7. The van der Waals surface area contributed by atoms with E-state index in [1.807, 2.05) is 7.05 Å². The second-order valence-electron chi connectivity index (χ2n) is 8.23. The van der Waals surface area contributed by atoms with Gasteiger partial charge in [0.05, 0.1) is 17.5 Å². The van der Waals surface area contributed by atoms with Gasteiger partial charge in [-0.2, -0.15) is 0 Å². The van der Waals surface area contributed by atoms with E-state index in [-0.39, 0.29) is 28.9 Å². The molecule has 1 atom stereocenters. The Hall–Kier alpha value is -3.06. The number of imide groups is 1. The number of quaternary nitrogens is 1. The smallest absolute Gasteiger partial charge is 0.282 e. The largest absolute Gasteiger partial charge is 0.316 e. The summed E-state index contributed by atoms with van der Waals surface area (Å²) < 4.78 is 0. The van der Waals surface area contributed by atoms with Crippen LogP contribution in [-0.4, -0.2) is 35.4 Å². The number of hydrogen-bond acceptors (Lipinski definition) is 4. The Labute approximate surface area is 163 Å². The lowest BCUT2D eigenvalue weighted by molar-refractivity contribution is -0.901. The standard InChI is InChI=1S/C21H23N3O4/c1-21(2,3)15-10-8-14(9-11-15)12-22(4)13-23-19(25)16-6-5-7-17(24(27)28)18(16)20(23)26/h5-11H,12-13H2,1-4H3/p+1. The first kappa shape index (κ1) is 19.7. The third kappa shape index (κ3) is 3.66. The predicted molar refractivity (Wildman–Crippen MR) is 104 cm³/mol. The monoisotopic (exact) mass is 382 g/mol. The summed E-state index contributed by atoms with van der Waals surface area (Å²) in [7, 11) is 1.88. The number of rotatable bonds is 5. The van der Waals surface area contributed by atoms with Gasteiger partial charge in [-0.25, -0.2) is 4.90 Å². The SMILES string of the molecule is C[NH+](Cc1ccc(C(C)(C)C)cc1)CN1C(=O)c2cccc([N+](=O)[O-])c2C1=O. The fourth-order valence-corrected chi connectivity index (χ4v) is 3.41. The molecule has 0 radical (unpaired) electrons. The minimum atomic E-state index is -0.624. The van der Waals surface area contributed by atoms with E-state index in [1.54, 1.807) is 0 Å². The molecule has 0 spiro atoms. The van der Waals surface area contributed by atoms with Crippen LogP contribution in [0.15, 0.2) is 42.5 Å². The zero-order chi connectivity index (χ0) is 20.6. The number of amides is 2. The van der Waals surface area contributed by atoms with E-state index in [4.69, 9.17) is 0 Å². The maximum Gasteiger partial charge on any atom is 0.282 e. The van der Waals surface area contributed by atoms with Crippen molar-refractivity contribution in [2.24, 2.45) is 0 Å². The van der Waals surface area contributed by atoms with Crippen molar-refractivity contribution in [1.29, 1.82) is 0 Å². The number of nitro groups is 1. The van der Waals surface area contributed by atoms with Crippen LogP contribution in [0.2, 0.25) is 0 Å². The van der Waals surface area contributed by atoms with Crippen LogP contribution >= 0.6 is 0 Å². The number of carbonyl (C=O) groups excluding carboxylic acids is 2. The zero-order valence-electron chi connectivity index (χ0n) is 16.5. The molecular formula is C21H24N3O4+. The predicted octanol–water partition coefficient (Wildman–Crippen LogP) is 2.16. The summed E-state index contributed by atoms with van der Waals surface area (Å²) in [6, 6.07) is 12.4. The molecule has 1 aliphatic heterocycles. The fourth-order valence-electron chi connectivity index (χ4n) is 3.41. The number of nitrogens with one attached hydrogen (secondary N) is 1. The van der Waals surface area contributed by atoms with Crippen LogP contribution in [0.1, 0.15) is 52.6 Å². The molecule has 7 nitrogen and oxygen atoms in total. The van der Waals surface area contributed by atoms with Gasteiger partial charge < -0.3 is 4.90 Å². The Morgan fingerprint density at radius 2 is 1.68 bits per heavy atom. The van der Waals surface area contributed by atoms with Gasteiger partial charge in [-0.05, 0) is 17.0 Å². The van der Waals surface area contributed by atoms with Crippen molar-refractivity contribution in [1.82, 2.24) is 4.90 Å². The fraction of sp³-hybridized carbons (Fsp3) is 0.333. The lowest BCUT2D eigenvalue weighted by Crippen LogP contribution is -3.09. The molecule has 0 fully saturated rings. The van der Waals surface area contributed by atoms with Crippen molar-refractivity contribution >= 4 is 17.5 Å². The van der Waals surface area contributed by atoms with E-state index in [0.717, 1.165) is 15.4 Å². The normalized spacial score (nSPS) is 14.9. The van der Waals surface area contributed by atoms with Crippen LogP contribution in [-0.2, 0) is 12.0 Å². The van der Waals surface area contributed by atoms with Gasteiger partial charge in [0.1, 0.15) is 12.1 Å². The van der Waals surface area contributed by atoms with Crippen LogP contribution in [0.25, 0.3) is 0 Å². The Balaban J connectivity index is 1.74. The van der Waals surface area contributed by atoms with E-state index in [2.05, 4.69) is 45.0 Å². The molecule has 146 valence electrons. The molecule has 0 aromatic heterocycles. The number of hydrogen-bond donors (Lipinski definition) is 1. The number of nitrogens with zero attached hydrogens (tertiary/aromatic N) is 2. The second kappa shape index (κ2) is 7.16. The molecule has 2 aromatic rings. The van der Waals surface area contributed by atoms with Gasteiger partial charge in [0.25, 0.3) is 17.5 Å². The molecule has 1 aliphatic rings. The van der Waals surface area contributed by atoms with Crippen molar-refractivity contribution < 1.29 is 19.4 Å². The first-order valence-electron chi connectivity index (χ1n) is 9.14. The van der Waals surface area contributed by atoms with Crippen molar-refractivity contribution in [3.05, 3.63) is 74.8 Å². The Morgan fingerprint density at radius 3 is 2.25 bits per heavy atom. The van der Waals surface area contributed by atoms with Crippen LogP contribution in [0.4, 0.5) is 5.69 Å². The maximum absolute atomic E-state index is 12.7. The summed E-state index contributed by atoms with van der Waals surface area (Å²) >= 11 is 0. The minimum Gasteiger partial charge on any atom is -0.316 e. The van der Waals surface area contributed by atoms with Gasteiger partial charge in [-0.15, -0.1) is 0 Å². The van der Waals surface area contributed by atoms with Crippen LogP contribution < -0.4 is 4.90 Å². The molecule has 3 rings (SSSR count).